The Bertz CT molecular complexity index is 449. The number of rotatable bonds is 6. The first kappa shape index (κ1) is 14.8. The summed E-state index contributed by atoms with van der Waals surface area (Å²) in [6.07, 6.45) is 5.64. The largest absolute Gasteiger partial charge is 0.378 e. The van der Waals surface area contributed by atoms with Crippen molar-refractivity contribution in [1.82, 2.24) is 4.98 Å². The number of hydrogen-bond acceptors (Lipinski definition) is 5. The number of nitriles is 1. The van der Waals surface area contributed by atoms with E-state index in [4.69, 9.17) is 15.7 Å². The highest BCUT2D eigenvalue weighted by atomic mass is 16.5. The molecule has 1 aromatic rings. The summed E-state index contributed by atoms with van der Waals surface area (Å²) >= 11 is 0. The van der Waals surface area contributed by atoms with Crippen LogP contribution >= 0.6 is 0 Å². The highest BCUT2D eigenvalue weighted by molar-refractivity contribution is 5.38. The summed E-state index contributed by atoms with van der Waals surface area (Å²) in [6, 6.07) is 7.79. The molecule has 0 saturated heterocycles. The van der Waals surface area contributed by atoms with Crippen LogP contribution in [-0.2, 0) is 4.74 Å². The molecule has 5 heteroatoms. The average molecular weight is 274 g/mol. The van der Waals surface area contributed by atoms with Gasteiger partial charge in [-0.2, -0.15) is 5.26 Å². The van der Waals surface area contributed by atoms with Crippen LogP contribution in [-0.4, -0.2) is 30.3 Å². The molecule has 0 aromatic carbocycles. The Balaban J connectivity index is 1.58. The maximum absolute atomic E-state index is 8.77. The van der Waals surface area contributed by atoms with Crippen LogP contribution in [0.25, 0.3) is 0 Å². The molecule has 3 N–H and O–H groups in total. The molecule has 0 unspecified atom stereocenters. The SMILES string of the molecule is N#Cc1cccc(NCCCOC2CCC(N)CC2)n1. The molecule has 1 aromatic heterocycles. The van der Waals surface area contributed by atoms with Crippen molar-refractivity contribution in [2.75, 3.05) is 18.5 Å². The summed E-state index contributed by atoms with van der Waals surface area (Å²) in [5.41, 5.74) is 6.30. The normalized spacial score (nSPS) is 22.2. The number of ether oxygens (including phenoxy) is 1. The molecule has 20 heavy (non-hydrogen) atoms. The van der Waals surface area contributed by atoms with Gasteiger partial charge < -0.3 is 15.8 Å². The molecule has 2 rings (SSSR count). The molecule has 1 saturated carbocycles. The fraction of sp³-hybridized carbons (Fsp3) is 0.600. The van der Waals surface area contributed by atoms with Crippen LogP contribution < -0.4 is 11.1 Å². The maximum atomic E-state index is 8.77. The summed E-state index contributed by atoms with van der Waals surface area (Å²) in [6.45, 7) is 1.55. The second-order valence-corrected chi connectivity index (χ2v) is 5.21. The molecule has 0 radical (unpaired) electrons. The summed E-state index contributed by atoms with van der Waals surface area (Å²) in [5.74, 6) is 0.743. The Labute approximate surface area is 120 Å². The lowest BCUT2D eigenvalue weighted by Gasteiger charge is -2.26. The third kappa shape index (κ3) is 4.80. The van der Waals surface area contributed by atoms with Gasteiger partial charge >= 0.3 is 0 Å². The zero-order valence-electron chi connectivity index (χ0n) is 11.7. The standard InChI is InChI=1S/C15H22N4O/c16-11-13-3-1-4-15(19-13)18-9-2-10-20-14-7-5-12(17)6-8-14/h1,3-4,12,14H,2,5-10,17H2,(H,18,19). The van der Waals surface area contributed by atoms with E-state index in [1.165, 1.54) is 0 Å². The summed E-state index contributed by atoms with van der Waals surface area (Å²) in [4.78, 5) is 4.16. The van der Waals surface area contributed by atoms with Crippen LogP contribution in [0.3, 0.4) is 0 Å². The van der Waals surface area contributed by atoms with E-state index in [1.54, 1.807) is 6.07 Å². The van der Waals surface area contributed by atoms with E-state index in [9.17, 15) is 0 Å². The van der Waals surface area contributed by atoms with Crippen molar-refractivity contribution in [3.05, 3.63) is 23.9 Å². The second kappa shape index (κ2) is 7.83. The lowest BCUT2D eigenvalue weighted by Crippen LogP contribution is -2.30. The van der Waals surface area contributed by atoms with Gasteiger partial charge in [0.2, 0.25) is 0 Å². The van der Waals surface area contributed by atoms with Crippen molar-refractivity contribution in [2.24, 2.45) is 5.73 Å². The molecule has 0 amide bonds. The van der Waals surface area contributed by atoms with Crippen molar-refractivity contribution < 1.29 is 4.74 Å². The monoisotopic (exact) mass is 274 g/mol. The maximum Gasteiger partial charge on any atom is 0.142 e. The van der Waals surface area contributed by atoms with Gasteiger partial charge in [-0.25, -0.2) is 4.98 Å². The third-order valence-corrected chi connectivity index (χ3v) is 3.56. The Morgan fingerprint density at radius 3 is 2.90 bits per heavy atom. The number of nitrogens with two attached hydrogens (primary N) is 1. The quantitative estimate of drug-likeness (QED) is 0.775. The minimum atomic E-state index is 0.370. The minimum Gasteiger partial charge on any atom is -0.378 e. The fourth-order valence-electron chi connectivity index (χ4n) is 2.39. The minimum absolute atomic E-state index is 0.370. The Hall–Kier alpha value is -1.64. The van der Waals surface area contributed by atoms with Gasteiger partial charge in [0.1, 0.15) is 17.6 Å². The first-order valence-electron chi connectivity index (χ1n) is 7.26. The second-order valence-electron chi connectivity index (χ2n) is 5.21. The summed E-state index contributed by atoms with van der Waals surface area (Å²) < 4.78 is 5.85. The van der Waals surface area contributed by atoms with Crippen LogP contribution in [0, 0.1) is 11.3 Å². The van der Waals surface area contributed by atoms with Gasteiger partial charge in [0.25, 0.3) is 0 Å². The molecule has 1 fully saturated rings. The number of hydrogen-bond donors (Lipinski definition) is 2. The molecule has 108 valence electrons. The Morgan fingerprint density at radius 1 is 1.35 bits per heavy atom. The van der Waals surface area contributed by atoms with E-state index in [0.717, 1.165) is 51.1 Å². The number of anilines is 1. The fourth-order valence-corrected chi connectivity index (χ4v) is 2.39. The molecule has 0 atom stereocenters. The number of pyridine rings is 1. The molecular formula is C15H22N4O. The molecule has 5 nitrogen and oxygen atoms in total. The number of aromatic nitrogens is 1. The van der Waals surface area contributed by atoms with Gasteiger partial charge in [0.05, 0.1) is 6.10 Å². The summed E-state index contributed by atoms with van der Waals surface area (Å²) in [7, 11) is 0. The molecule has 0 bridgehead atoms. The van der Waals surface area contributed by atoms with E-state index in [2.05, 4.69) is 10.3 Å². The number of nitrogens with one attached hydrogen (secondary N) is 1. The van der Waals surface area contributed by atoms with Crippen molar-refractivity contribution >= 4 is 5.82 Å². The third-order valence-electron chi connectivity index (χ3n) is 3.56. The van der Waals surface area contributed by atoms with Crippen LogP contribution in [0.5, 0.6) is 0 Å². The van der Waals surface area contributed by atoms with E-state index >= 15 is 0 Å². The van der Waals surface area contributed by atoms with Gasteiger partial charge in [-0.15, -0.1) is 0 Å². The van der Waals surface area contributed by atoms with Gasteiger partial charge in [-0.3, -0.25) is 0 Å². The molecular weight excluding hydrogens is 252 g/mol. The molecule has 1 heterocycles. The molecule has 1 aliphatic carbocycles. The Kier molecular flexibility index (Phi) is 5.78. The van der Waals surface area contributed by atoms with E-state index in [-0.39, 0.29) is 0 Å². The summed E-state index contributed by atoms with van der Waals surface area (Å²) in [5, 5.41) is 12.0. The lowest BCUT2D eigenvalue weighted by atomic mass is 9.94. The van der Waals surface area contributed by atoms with Crippen LogP contribution in [0.1, 0.15) is 37.8 Å². The smallest absolute Gasteiger partial charge is 0.142 e. The van der Waals surface area contributed by atoms with E-state index in [1.807, 2.05) is 18.2 Å². The van der Waals surface area contributed by atoms with Crippen molar-refractivity contribution in [2.45, 2.75) is 44.2 Å². The van der Waals surface area contributed by atoms with Gasteiger partial charge in [0, 0.05) is 19.2 Å². The molecule has 1 aliphatic rings. The van der Waals surface area contributed by atoms with Crippen molar-refractivity contribution in [3.63, 3.8) is 0 Å². The predicted molar refractivity (Wildman–Crippen MR) is 78.2 cm³/mol. The van der Waals surface area contributed by atoms with Crippen LogP contribution in [0.15, 0.2) is 18.2 Å². The van der Waals surface area contributed by atoms with Crippen molar-refractivity contribution in [1.29, 1.82) is 5.26 Å². The van der Waals surface area contributed by atoms with Gasteiger partial charge in [-0.05, 0) is 44.2 Å². The van der Waals surface area contributed by atoms with Crippen LogP contribution in [0.4, 0.5) is 5.82 Å². The van der Waals surface area contributed by atoms with Gasteiger partial charge in [0.15, 0.2) is 0 Å². The first-order valence-corrected chi connectivity index (χ1v) is 7.26. The van der Waals surface area contributed by atoms with Crippen LogP contribution in [0.2, 0.25) is 0 Å². The number of nitrogens with zero attached hydrogens (tertiary/aromatic N) is 2. The highest BCUT2D eigenvalue weighted by Gasteiger charge is 2.18. The first-order chi connectivity index (χ1) is 9.78. The van der Waals surface area contributed by atoms with Crippen molar-refractivity contribution in [3.8, 4) is 6.07 Å². The Morgan fingerprint density at radius 2 is 2.15 bits per heavy atom. The highest BCUT2D eigenvalue weighted by Crippen LogP contribution is 2.19. The van der Waals surface area contributed by atoms with Gasteiger partial charge in [-0.1, -0.05) is 6.07 Å². The molecule has 0 aliphatic heterocycles. The predicted octanol–water partition coefficient (Wildman–Crippen LogP) is 2.04. The topological polar surface area (TPSA) is 84.0 Å². The van der Waals surface area contributed by atoms with E-state index in [0.29, 0.717) is 17.8 Å². The lowest BCUT2D eigenvalue weighted by molar-refractivity contribution is 0.0251. The molecule has 0 spiro atoms. The van der Waals surface area contributed by atoms with E-state index < -0.39 is 0 Å². The zero-order valence-corrected chi connectivity index (χ0v) is 11.7. The average Bonchev–Trinajstić information content (AvgIpc) is 2.49. The zero-order chi connectivity index (χ0) is 14.2.